The third kappa shape index (κ3) is 3.43. The van der Waals surface area contributed by atoms with Crippen LogP contribution in [0.1, 0.15) is 16.7 Å². The maximum Gasteiger partial charge on any atom is 0.416 e. The largest absolute Gasteiger partial charge is 0.416 e. The number of aromatic nitrogens is 1. The third-order valence-electron chi connectivity index (χ3n) is 2.84. The maximum atomic E-state index is 12.9. The van der Waals surface area contributed by atoms with E-state index >= 15 is 0 Å². The highest BCUT2D eigenvalue weighted by molar-refractivity contribution is 7.98. The topological polar surface area (TPSA) is 88.7 Å². The van der Waals surface area contributed by atoms with Crippen LogP contribution >= 0.6 is 11.8 Å². The molecular weight excluding hydrogens is 313 g/mol. The molecule has 0 aliphatic rings. The summed E-state index contributed by atoms with van der Waals surface area (Å²) in [6.07, 6.45) is -4.43. The second-order valence-electron chi connectivity index (χ2n) is 4.37. The van der Waals surface area contributed by atoms with Gasteiger partial charge in [-0.2, -0.15) is 18.4 Å². The van der Waals surface area contributed by atoms with Gasteiger partial charge in [0.2, 0.25) is 0 Å². The average Bonchev–Trinajstić information content (AvgIpc) is 2.44. The fraction of sp³-hybridized carbons (Fsp3) is 0.143. The molecule has 0 unspecified atom stereocenters. The minimum absolute atomic E-state index is 0.000255. The molecular formula is C14H11F3N4S. The van der Waals surface area contributed by atoms with E-state index in [1.54, 1.807) is 0 Å². The van der Waals surface area contributed by atoms with Crippen molar-refractivity contribution in [3.8, 4) is 6.07 Å². The summed E-state index contributed by atoms with van der Waals surface area (Å²) >= 11 is 0.990. The van der Waals surface area contributed by atoms with Crippen molar-refractivity contribution in [3.63, 3.8) is 0 Å². The Labute approximate surface area is 128 Å². The van der Waals surface area contributed by atoms with E-state index in [4.69, 9.17) is 16.7 Å². The Balaban J connectivity index is 2.31. The van der Waals surface area contributed by atoms with Crippen molar-refractivity contribution < 1.29 is 13.2 Å². The zero-order valence-electron chi connectivity index (χ0n) is 11.2. The first-order valence-electron chi connectivity index (χ1n) is 6.07. The van der Waals surface area contributed by atoms with Gasteiger partial charge in [0, 0.05) is 11.8 Å². The van der Waals surface area contributed by atoms with Crippen LogP contribution in [0.2, 0.25) is 0 Å². The van der Waals surface area contributed by atoms with Gasteiger partial charge in [-0.25, -0.2) is 4.98 Å². The summed E-state index contributed by atoms with van der Waals surface area (Å²) in [4.78, 5) is 3.97. The summed E-state index contributed by atoms with van der Waals surface area (Å²) in [5.41, 5.74) is 10.9. The van der Waals surface area contributed by atoms with Gasteiger partial charge in [-0.15, -0.1) is 11.8 Å². The third-order valence-corrected chi connectivity index (χ3v) is 3.86. The highest BCUT2D eigenvalue weighted by atomic mass is 32.2. The number of alkyl halides is 3. The van der Waals surface area contributed by atoms with Crippen molar-refractivity contribution in [1.29, 1.82) is 5.26 Å². The molecule has 0 aliphatic heterocycles. The molecule has 4 nitrogen and oxygen atoms in total. The minimum Gasteiger partial charge on any atom is -0.397 e. The van der Waals surface area contributed by atoms with Crippen LogP contribution in [0, 0.1) is 11.3 Å². The van der Waals surface area contributed by atoms with E-state index in [1.807, 2.05) is 6.07 Å². The summed E-state index contributed by atoms with van der Waals surface area (Å²) < 4.78 is 38.8. The predicted molar refractivity (Wildman–Crippen MR) is 78.8 cm³/mol. The van der Waals surface area contributed by atoms with Gasteiger partial charge in [-0.1, -0.05) is 18.2 Å². The highest BCUT2D eigenvalue weighted by Crippen LogP contribution is 2.35. The standard InChI is InChI=1S/C14H11F3N4S/c15-14(16,17)10-4-2-1-3-8(10)7-22-13-9(6-18)11(19)5-12(20)21-13/h1-5H,7H2,(H4,19,20,21). The number of nitrogens with zero attached hydrogens (tertiary/aromatic N) is 2. The van der Waals surface area contributed by atoms with Crippen molar-refractivity contribution in [2.24, 2.45) is 0 Å². The van der Waals surface area contributed by atoms with Gasteiger partial charge in [-0.05, 0) is 11.6 Å². The molecule has 8 heteroatoms. The second kappa shape index (κ2) is 6.15. The minimum atomic E-state index is -4.43. The Morgan fingerprint density at radius 3 is 2.55 bits per heavy atom. The Bertz CT molecular complexity index is 738. The summed E-state index contributed by atoms with van der Waals surface area (Å²) in [6, 6.07) is 8.48. The van der Waals surface area contributed by atoms with Crippen molar-refractivity contribution in [1.82, 2.24) is 4.98 Å². The molecule has 1 heterocycles. The molecule has 0 spiro atoms. The molecule has 2 aromatic rings. The van der Waals surface area contributed by atoms with E-state index in [-0.39, 0.29) is 33.4 Å². The van der Waals surface area contributed by atoms with Crippen LogP contribution in [0.3, 0.4) is 0 Å². The number of benzene rings is 1. The van der Waals surface area contributed by atoms with Gasteiger partial charge in [0.05, 0.1) is 11.3 Å². The average molecular weight is 324 g/mol. The first-order valence-corrected chi connectivity index (χ1v) is 7.05. The first kappa shape index (κ1) is 16.0. The van der Waals surface area contributed by atoms with E-state index < -0.39 is 11.7 Å². The molecule has 1 aromatic heterocycles. The lowest BCUT2D eigenvalue weighted by Crippen LogP contribution is -2.08. The summed E-state index contributed by atoms with van der Waals surface area (Å²) in [5, 5.41) is 9.29. The van der Waals surface area contributed by atoms with Crippen LogP contribution in [-0.4, -0.2) is 4.98 Å². The van der Waals surface area contributed by atoms with E-state index in [2.05, 4.69) is 4.98 Å². The zero-order chi connectivity index (χ0) is 16.3. The predicted octanol–water partition coefficient (Wildman–Crippen LogP) is 3.43. The Hall–Kier alpha value is -2.40. The Morgan fingerprint density at radius 1 is 1.23 bits per heavy atom. The van der Waals surface area contributed by atoms with Crippen LogP contribution < -0.4 is 11.5 Å². The summed E-state index contributed by atoms with van der Waals surface area (Å²) in [5.74, 6) is 0.114. The summed E-state index contributed by atoms with van der Waals surface area (Å²) in [6.45, 7) is 0. The normalized spacial score (nSPS) is 11.2. The zero-order valence-corrected chi connectivity index (χ0v) is 12.0. The van der Waals surface area contributed by atoms with Gasteiger partial charge < -0.3 is 11.5 Å². The molecule has 22 heavy (non-hydrogen) atoms. The molecule has 2 rings (SSSR count). The second-order valence-corrected chi connectivity index (χ2v) is 5.34. The van der Waals surface area contributed by atoms with Gasteiger partial charge in [0.15, 0.2) is 0 Å². The number of hydrogen-bond donors (Lipinski definition) is 2. The van der Waals surface area contributed by atoms with Crippen LogP contribution in [0.25, 0.3) is 0 Å². The number of nitriles is 1. The van der Waals surface area contributed by atoms with Crippen LogP contribution in [-0.2, 0) is 11.9 Å². The number of nitrogens with two attached hydrogens (primary N) is 2. The number of halogens is 3. The van der Waals surface area contributed by atoms with Gasteiger partial charge in [-0.3, -0.25) is 0 Å². The number of pyridine rings is 1. The number of hydrogen-bond acceptors (Lipinski definition) is 5. The van der Waals surface area contributed by atoms with Crippen LogP contribution in [0.15, 0.2) is 35.4 Å². The lowest BCUT2D eigenvalue weighted by molar-refractivity contribution is -0.138. The molecule has 4 N–H and O–H groups in total. The molecule has 114 valence electrons. The Kier molecular flexibility index (Phi) is 4.47. The van der Waals surface area contributed by atoms with Crippen molar-refractivity contribution in [2.45, 2.75) is 17.0 Å². The molecule has 0 radical (unpaired) electrons. The number of rotatable bonds is 3. The molecule has 0 bridgehead atoms. The van der Waals surface area contributed by atoms with Crippen molar-refractivity contribution in [3.05, 3.63) is 47.0 Å². The Morgan fingerprint density at radius 2 is 1.91 bits per heavy atom. The van der Waals surface area contributed by atoms with Gasteiger partial charge in [0.25, 0.3) is 0 Å². The smallest absolute Gasteiger partial charge is 0.397 e. The van der Waals surface area contributed by atoms with Crippen molar-refractivity contribution in [2.75, 3.05) is 11.5 Å². The monoisotopic (exact) mass is 324 g/mol. The van der Waals surface area contributed by atoms with E-state index in [9.17, 15) is 13.2 Å². The van der Waals surface area contributed by atoms with Crippen molar-refractivity contribution >= 4 is 23.3 Å². The molecule has 0 fully saturated rings. The molecule has 0 atom stereocenters. The maximum absolute atomic E-state index is 12.9. The number of nitrogen functional groups attached to an aromatic ring is 2. The van der Waals surface area contributed by atoms with Gasteiger partial charge in [0.1, 0.15) is 22.5 Å². The molecule has 0 saturated carbocycles. The van der Waals surface area contributed by atoms with E-state index in [1.165, 1.54) is 24.3 Å². The number of thioether (sulfide) groups is 1. The van der Waals surface area contributed by atoms with E-state index in [0.29, 0.717) is 0 Å². The first-order chi connectivity index (χ1) is 10.3. The molecule has 1 aromatic carbocycles. The molecule has 0 aliphatic carbocycles. The van der Waals surface area contributed by atoms with Gasteiger partial charge >= 0.3 is 6.18 Å². The molecule has 0 amide bonds. The SMILES string of the molecule is N#Cc1c(N)cc(N)nc1SCc1ccccc1C(F)(F)F. The quantitative estimate of drug-likeness (QED) is 0.844. The fourth-order valence-electron chi connectivity index (χ4n) is 1.85. The molecule has 0 saturated heterocycles. The lowest BCUT2D eigenvalue weighted by atomic mass is 10.1. The van der Waals surface area contributed by atoms with Crippen LogP contribution in [0.4, 0.5) is 24.7 Å². The lowest BCUT2D eigenvalue weighted by Gasteiger charge is -2.13. The van der Waals surface area contributed by atoms with E-state index in [0.717, 1.165) is 17.8 Å². The fourth-order valence-corrected chi connectivity index (χ4v) is 2.87. The summed E-state index contributed by atoms with van der Waals surface area (Å²) in [7, 11) is 0. The number of anilines is 2. The highest BCUT2D eigenvalue weighted by Gasteiger charge is 2.32. The van der Waals surface area contributed by atoms with Crippen LogP contribution in [0.5, 0.6) is 0 Å².